The maximum Gasteiger partial charge on any atom is 0.317 e. The molecule has 0 bridgehead atoms. The lowest BCUT2D eigenvalue weighted by Gasteiger charge is -2.35. The van der Waals surface area contributed by atoms with Crippen LogP contribution in [-0.4, -0.2) is 54.5 Å². The maximum absolute atomic E-state index is 12.5. The number of rotatable bonds is 3. The van der Waals surface area contributed by atoms with Gasteiger partial charge in [0, 0.05) is 32.7 Å². The molecule has 1 N–H and O–H groups in total. The van der Waals surface area contributed by atoms with Gasteiger partial charge in [0.05, 0.1) is 6.42 Å². The zero-order chi connectivity index (χ0) is 18.6. The first-order chi connectivity index (χ1) is 11.7. The number of urea groups is 1. The first-order valence-corrected chi connectivity index (χ1v) is 9.02. The van der Waals surface area contributed by atoms with Crippen LogP contribution in [0.3, 0.4) is 0 Å². The van der Waals surface area contributed by atoms with Crippen molar-refractivity contribution in [2.24, 2.45) is 5.41 Å². The molecular formula is C20H31N3O2. The van der Waals surface area contributed by atoms with E-state index in [9.17, 15) is 9.59 Å². The summed E-state index contributed by atoms with van der Waals surface area (Å²) in [5.74, 6) is 0.140. The first kappa shape index (κ1) is 19.3. The molecule has 1 aliphatic heterocycles. The molecule has 1 aromatic rings. The molecule has 0 atom stereocenters. The largest absolute Gasteiger partial charge is 0.339 e. The highest BCUT2D eigenvalue weighted by Crippen LogP contribution is 2.14. The fourth-order valence-corrected chi connectivity index (χ4v) is 2.93. The summed E-state index contributed by atoms with van der Waals surface area (Å²) in [7, 11) is 0. The monoisotopic (exact) mass is 345 g/mol. The van der Waals surface area contributed by atoms with E-state index >= 15 is 0 Å². The molecule has 5 heteroatoms. The highest BCUT2D eigenvalue weighted by atomic mass is 16.2. The Morgan fingerprint density at radius 3 is 2.20 bits per heavy atom. The predicted molar refractivity (Wildman–Crippen MR) is 101 cm³/mol. The Kier molecular flexibility index (Phi) is 6.09. The van der Waals surface area contributed by atoms with Gasteiger partial charge >= 0.3 is 6.03 Å². The molecule has 138 valence electrons. The zero-order valence-electron chi connectivity index (χ0n) is 16.2. The number of hydrogen-bond donors (Lipinski definition) is 1. The second kappa shape index (κ2) is 7.89. The minimum absolute atomic E-state index is 0.0311. The van der Waals surface area contributed by atoms with Crippen molar-refractivity contribution in [3.05, 3.63) is 34.9 Å². The van der Waals surface area contributed by atoms with E-state index in [1.54, 1.807) is 4.90 Å². The van der Waals surface area contributed by atoms with Crippen LogP contribution in [0.25, 0.3) is 0 Å². The molecule has 25 heavy (non-hydrogen) atoms. The molecule has 0 saturated carbocycles. The number of nitrogens with zero attached hydrogens (tertiary/aromatic N) is 2. The van der Waals surface area contributed by atoms with Crippen molar-refractivity contribution < 1.29 is 9.59 Å². The van der Waals surface area contributed by atoms with Gasteiger partial charge in [-0.25, -0.2) is 4.79 Å². The Morgan fingerprint density at radius 1 is 1.04 bits per heavy atom. The van der Waals surface area contributed by atoms with Crippen molar-refractivity contribution in [1.82, 2.24) is 15.1 Å². The number of nitrogens with one attached hydrogen (secondary N) is 1. The van der Waals surface area contributed by atoms with Crippen LogP contribution in [0.15, 0.2) is 18.2 Å². The van der Waals surface area contributed by atoms with Gasteiger partial charge in [0.25, 0.3) is 0 Å². The van der Waals surface area contributed by atoms with Gasteiger partial charge in [-0.1, -0.05) is 44.5 Å². The number of benzene rings is 1. The SMILES string of the molecule is Cc1ccc(CC(=O)N2CCN(C(=O)NCC(C)(C)C)CC2)c(C)c1. The fraction of sp³-hybridized carbons (Fsp3) is 0.600. The summed E-state index contributed by atoms with van der Waals surface area (Å²) in [5, 5.41) is 2.97. The third-order valence-corrected chi connectivity index (χ3v) is 4.53. The number of piperazine rings is 1. The quantitative estimate of drug-likeness (QED) is 0.916. The fourth-order valence-electron chi connectivity index (χ4n) is 2.93. The third kappa shape index (κ3) is 5.76. The topological polar surface area (TPSA) is 52.7 Å². The van der Waals surface area contributed by atoms with Crippen LogP contribution < -0.4 is 5.32 Å². The smallest absolute Gasteiger partial charge is 0.317 e. The van der Waals surface area contributed by atoms with Crippen molar-refractivity contribution in [2.45, 2.75) is 41.0 Å². The van der Waals surface area contributed by atoms with Crippen LogP contribution in [-0.2, 0) is 11.2 Å². The molecule has 0 spiro atoms. The van der Waals surface area contributed by atoms with Crippen LogP contribution in [0.1, 0.15) is 37.5 Å². The van der Waals surface area contributed by atoms with Crippen LogP contribution in [0.2, 0.25) is 0 Å². The molecular weight excluding hydrogens is 314 g/mol. The minimum atomic E-state index is -0.0311. The lowest BCUT2D eigenvalue weighted by molar-refractivity contribution is -0.131. The van der Waals surface area contributed by atoms with Gasteiger partial charge in [-0.3, -0.25) is 4.79 Å². The van der Waals surface area contributed by atoms with Gasteiger partial charge in [0.1, 0.15) is 0 Å². The molecule has 0 unspecified atom stereocenters. The average Bonchev–Trinajstić information content (AvgIpc) is 2.54. The first-order valence-electron chi connectivity index (χ1n) is 9.02. The molecule has 1 aliphatic rings. The Balaban J connectivity index is 1.83. The Bertz CT molecular complexity index is 626. The van der Waals surface area contributed by atoms with Gasteiger partial charge < -0.3 is 15.1 Å². The second-order valence-corrected chi connectivity index (χ2v) is 8.19. The number of amides is 3. The van der Waals surface area contributed by atoms with Crippen LogP contribution in [0.4, 0.5) is 4.79 Å². The lowest BCUT2D eigenvalue weighted by atomic mass is 9.97. The van der Waals surface area contributed by atoms with E-state index in [1.165, 1.54) is 5.56 Å². The Hall–Kier alpha value is -2.04. The lowest BCUT2D eigenvalue weighted by Crippen LogP contribution is -2.54. The van der Waals surface area contributed by atoms with E-state index in [0.29, 0.717) is 39.1 Å². The van der Waals surface area contributed by atoms with Gasteiger partial charge in [0.2, 0.25) is 5.91 Å². The van der Waals surface area contributed by atoms with E-state index in [-0.39, 0.29) is 17.4 Å². The van der Waals surface area contributed by atoms with Crippen LogP contribution in [0, 0.1) is 19.3 Å². The summed E-state index contributed by atoms with van der Waals surface area (Å²) >= 11 is 0. The molecule has 3 amide bonds. The van der Waals surface area contributed by atoms with Gasteiger partial charge in [-0.15, -0.1) is 0 Å². The highest BCUT2D eigenvalue weighted by molar-refractivity contribution is 5.80. The van der Waals surface area contributed by atoms with Crippen molar-refractivity contribution in [2.75, 3.05) is 32.7 Å². The zero-order valence-corrected chi connectivity index (χ0v) is 16.2. The molecule has 0 aromatic heterocycles. The van der Waals surface area contributed by atoms with E-state index < -0.39 is 0 Å². The van der Waals surface area contributed by atoms with E-state index in [2.05, 4.69) is 39.1 Å². The van der Waals surface area contributed by atoms with E-state index in [4.69, 9.17) is 0 Å². The molecule has 2 rings (SSSR count). The van der Waals surface area contributed by atoms with E-state index in [1.807, 2.05) is 24.0 Å². The third-order valence-electron chi connectivity index (χ3n) is 4.53. The Morgan fingerprint density at radius 2 is 1.64 bits per heavy atom. The molecule has 0 aliphatic carbocycles. The summed E-state index contributed by atoms with van der Waals surface area (Å²) in [6.45, 7) is 13.4. The molecule has 1 saturated heterocycles. The van der Waals surface area contributed by atoms with Gasteiger partial charge in [0.15, 0.2) is 0 Å². The summed E-state index contributed by atoms with van der Waals surface area (Å²) in [4.78, 5) is 28.4. The Labute approximate surface area is 151 Å². The number of carbonyl (C=O) groups is 2. The minimum Gasteiger partial charge on any atom is -0.339 e. The molecule has 1 aromatic carbocycles. The van der Waals surface area contributed by atoms with Crippen LogP contribution in [0.5, 0.6) is 0 Å². The molecule has 1 fully saturated rings. The number of carbonyl (C=O) groups excluding carboxylic acids is 2. The molecule has 0 radical (unpaired) electrons. The van der Waals surface area contributed by atoms with E-state index in [0.717, 1.165) is 11.1 Å². The number of aryl methyl sites for hydroxylation is 2. The molecule has 1 heterocycles. The van der Waals surface area contributed by atoms with Crippen molar-refractivity contribution in [3.63, 3.8) is 0 Å². The summed E-state index contributed by atoms with van der Waals surface area (Å²) in [5.41, 5.74) is 3.53. The van der Waals surface area contributed by atoms with Crippen molar-refractivity contribution >= 4 is 11.9 Å². The van der Waals surface area contributed by atoms with Gasteiger partial charge in [-0.2, -0.15) is 0 Å². The normalized spacial score (nSPS) is 15.2. The summed E-state index contributed by atoms with van der Waals surface area (Å²) < 4.78 is 0. The second-order valence-electron chi connectivity index (χ2n) is 8.19. The van der Waals surface area contributed by atoms with Crippen molar-refractivity contribution in [1.29, 1.82) is 0 Å². The number of hydrogen-bond acceptors (Lipinski definition) is 2. The van der Waals surface area contributed by atoms with Crippen molar-refractivity contribution in [3.8, 4) is 0 Å². The standard InChI is InChI=1S/C20H31N3O2/c1-15-6-7-17(16(2)12-15)13-18(24)22-8-10-23(11-9-22)19(25)21-14-20(3,4)5/h6-7,12H,8-11,13-14H2,1-5H3,(H,21,25). The summed E-state index contributed by atoms with van der Waals surface area (Å²) in [6, 6.07) is 6.17. The van der Waals surface area contributed by atoms with Crippen LogP contribution >= 0.6 is 0 Å². The average molecular weight is 345 g/mol. The highest BCUT2D eigenvalue weighted by Gasteiger charge is 2.25. The summed E-state index contributed by atoms with van der Waals surface area (Å²) in [6.07, 6.45) is 0.433. The predicted octanol–water partition coefficient (Wildman–Crippen LogP) is 2.75. The molecule has 5 nitrogen and oxygen atoms in total. The van der Waals surface area contributed by atoms with Gasteiger partial charge in [-0.05, 0) is 30.4 Å². The maximum atomic E-state index is 12.5.